The van der Waals surface area contributed by atoms with E-state index in [9.17, 15) is 4.79 Å². The molecule has 0 unspecified atom stereocenters. The van der Waals surface area contributed by atoms with E-state index in [1.54, 1.807) is 18.3 Å². The van der Waals surface area contributed by atoms with Crippen molar-refractivity contribution in [2.24, 2.45) is 0 Å². The quantitative estimate of drug-likeness (QED) is 0.552. The third kappa shape index (κ3) is 3.00. The molecular formula is C11H12N2O. The van der Waals surface area contributed by atoms with Crippen LogP contribution in [0.2, 0.25) is 0 Å². The van der Waals surface area contributed by atoms with Crippen LogP contribution < -0.4 is 5.32 Å². The normalized spacial score (nSPS) is 9.00. The number of carbonyl (C=O) groups excluding carboxylic acids is 1. The van der Waals surface area contributed by atoms with Gasteiger partial charge in [-0.3, -0.25) is 9.78 Å². The minimum absolute atomic E-state index is 0.0280. The zero-order valence-corrected chi connectivity index (χ0v) is 8.29. The molecule has 1 heterocycles. The van der Waals surface area contributed by atoms with Crippen LogP contribution in [0.3, 0.4) is 0 Å². The van der Waals surface area contributed by atoms with Gasteiger partial charge in [0.25, 0.3) is 0 Å². The van der Waals surface area contributed by atoms with Gasteiger partial charge in [0, 0.05) is 18.7 Å². The molecule has 1 rings (SSSR count). The van der Waals surface area contributed by atoms with Crippen LogP contribution >= 0.6 is 0 Å². The maximum atomic E-state index is 10.9. The Morgan fingerprint density at radius 2 is 2.36 bits per heavy atom. The minimum atomic E-state index is -0.0280. The van der Waals surface area contributed by atoms with Crippen molar-refractivity contribution >= 4 is 5.78 Å². The fraction of sp³-hybridized carbons (Fsp3) is 0.273. The number of ketones is 1. The number of Topliss-reactive ketones (excluding diaryl/α,β-unsaturated/α-hetero) is 1. The average Bonchev–Trinajstić information content (AvgIpc) is 2.19. The molecule has 0 saturated heterocycles. The van der Waals surface area contributed by atoms with Crippen molar-refractivity contribution in [3.05, 3.63) is 29.6 Å². The molecule has 72 valence electrons. The van der Waals surface area contributed by atoms with E-state index in [0.717, 1.165) is 5.56 Å². The number of hydrogen-bond acceptors (Lipinski definition) is 3. The van der Waals surface area contributed by atoms with Crippen molar-refractivity contribution in [1.29, 1.82) is 0 Å². The third-order valence-electron chi connectivity index (χ3n) is 1.62. The third-order valence-corrected chi connectivity index (χ3v) is 1.62. The van der Waals surface area contributed by atoms with Crippen molar-refractivity contribution in [2.75, 3.05) is 13.6 Å². The summed E-state index contributed by atoms with van der Waals surface area (Å²) in [5.74, 6) is 5.81. The molecule has 0 saturated carbocycles. The molecule has 0 bridgehead atoms. The molecule has 0 atom stereocenters. The highest BCUT2D eigenvalue weighted by molar-refractivity contribution is 5.92. The first-order chi connectivity index (χ1) is 6.74. The average molecular weight is 188 g/mol. The van der Waals surface area contributed by atoms with Crippen LogP contribution in [0.25, 0.3) is 0 Å². The highest BCUT2D eigenvalue weighted by Crippen LogP contribution is 1.99. The van der Waals surface area contributed by atoms with E-state index in [-0.39, 0.29) is 5.78 Å². The lowest BCUT2D eigenvalue weighted by molar-refractivity contribution is 0.101. The largest absolute Gasteiger partial charge is 0.309 e. The van der Waals surface area contributed by atoms with Crippen LogP contribution in [0.4, 0.5) is 0 Å². The number of aromatic nitrogens is 1. The summed E-state index contributed by atoms with van der Waals surface area (Å²) in [6.45, 7) is 2.14. The van der Waals surface area contributed by atoms with E-state index in [4.69, 9.17) is 0 Å². The van der Waals surface area contributed by atoms with Crippen LogP contribution in [-0.4, -0.2) is 24.4 Å². The van der Waals surface area contributed by atoms with E-state index in [1.165, 1.54) is 6.92 Å². The fourth-order valence-corrected chi connectivity index (χ4v) is 0.911. The summed E-state index contributed by atoms with van der Waals surface area (Å²) in [7, 11) is 1.84. The Labute approximate surface area is 83.6 Å². The fourth-order valence-electron chi connectivity index (χ4n) is 0.911. The second-order valence-corrected chi connectivity index (χ2v) is 2.82. The molecular weight excluding hydrogens is 176 g/mol. The second-order valence-electron chi connectivity index (χ2n) is 2.82. The van der Waals surface area contributed by atoms with Gasteiger partial charge in [0.05, 0.1) is 6.54 Å². The first-order valence-corrected chi connectivity index (χ1v) is 4.34. The predicted molar refractivity (Wildman–Crippen MR) is 55.0 cm³/mol. The SMILES string of the molecule is CNCC#Cc1ccc(C(C)=O)nc1. The van der Waals surface area contributed by atoms with E-state index in [2.05, 4.69) is 22.1 Å². The number of pyridine rings is 1. The first kappa shape index (κ1) is 10.4. The molecule has 14 heavy (non-hydrogen) atoms. The maximum Gasteiger partial charge on any atom is 0.178 e. The van der Waals surface area contributed by atoms with Gasteiger partial charge in [-0.05, 0) is 19.2 Å². The highest BCUT2D eigenvalue weighted by atomic mass is 16.1. The highest BCUT2D eigenvalue weighted by Gasteiger charge is 1.98. The van der Waals surface area contributed by atoms with Crippen LogP contribution in [0.5, 0.6) is 0 Å². The smallest absolute Gasteiger partial charge is 0.178 e. The predicted octanol–water partition coefficient (Wildman–Crippen LogP) is 0.855. The van der Waals surface area contributed by atoms with Crippen LogP contribution in [0.1, 0.15) is 23.0 Å². The van der Waals surface area contributed by atoms with Gasteiger partial charge < -0.3 is 5.32 Å². The molecule has 0 radical (unpaired) electrons. The van der Waals surface area contributed by atoms with Gasteiger partial charge in [-0.2, -0.15) is 0 Å². The molecule has 1 aromatic heterocycles. The van der Waals surface area contributed by atoms with E-state index in [1.807, 2.05) is 7.05 Å². The summed E-state index contributed by atoms with van der Waals surface area (Å²) >= 11 is 0. The molecule has 1 N–H and O–H groups in total. The zero-order valence-electron chi connectivity index (χ0n) is 8.29. The molecule has 0 fully saturated rings. The lowest BCUT2D eigenvalue weighted by Crippen LogP contribution is -2.04. The number of nitrogens with zero attached hydrogens (tertiary/aromatic N) is 1. The zero-order chi connectivity index (χ0) is 10.4. The molecule has 3 heteroatoms. The van der Waals surface area contributed by atoms with Gasteiger partial charge in [0.1, 0.15) is 5.69 Å². The summed E-state index contributed by atoms with van der Waals surface area (Å²) in [5.41, 5.74) is 1.30. The van der Waals surface area contributed by atoms with Gasteiger partial charge >= 0.3 is 0 Å². The van der Waals surface area contributed by atoms with Gasteiger partial charge in [-0.15, -0.1) is 0 Å². The Hall–Kier alpha value is -1.66. The van der Waals surface area contributed by atoms with Crippen molar-refractivity contribution in [1.82, 2.24) is 10.3 Å². The molecule has 0 aromatic carbocycles. The van der Waals surface area contributed by atoms with Gasteiger partial charge in [-0.1, -0.05) is 11.8 Å². The summed E-state index contributed by atoms with van der Waals surface area (Å²) in [6.07, 6.45) is 1.61. The lowest BCUT2D eigenvalue weighted by Gasteiger charge is -1.93. The Bertz CT molecular complexity index is 371. The van der Waals surface area contributed by atoms with Crippen molar-refractivity contribution < 1.29 is 4.79 Å². The van der Waals surface area contributed by atoms with Gasteiger partial charge in [-0.25, -0.2) is 0 Å². The monoisotopic (exact) mass is 188 g/mol. The lowest BCUT2D eigenvalue weighted by atomic mass is 10.2. The van der Waals surface area contributed by atoms with Crippen molar-refractivity contribution in [3.63, 3.8) is 0 Å². The Kier molecular flexibility index (Phi) is 3.84. The number of rotatable bonds is 2. The maximum absolute atomic E-state index is 10.9. The Morgan fingerprint density at radius 3 is 2.86 bits per heavy atom. The van der Waals surface area contributed by atoms with E-state index in [0.29, 0.717) is 12.2 Å². The molecule has 0 aliphatic heterocycles. The second kappa shape index (κ2) is 5.15. The number of carbonyl (C=O) groups is 1. The molecule has 0 aliphatic rings. The molecule has 3 nitrogen and oxygen atoms in total. The summed E-state index contributed by atoms with van der Waals surface area (Å²) < 4.78 is 0. The van der Waals surface area contributed by atoms with Crippen molar-refractivity contribution in [2.45, 2.75) is 6.92 Å². The van der Waals surface area contributed by atoms with Crippen LogP contribution in [0, 0.1) is 11.8 Å². The topological polar surface area (TPSA) is 42.0 Å². The Morgan fingerprint density at radius 1 is 1.57 bits per heavy atom. The molecule has 0 aliphatic carbocycles. The van der Waals surface area contributed by atoms with E-state index >= 15 is 0 Å². The van der Waals surface area contributed by atoms with Gasteiger partial charge in [0.2, 0.25) is 0 Å². The Balaban J connectivity index is 2.75. The number of nitrogens with one attached hydrogen (secondary N) is 1. The molecule has 1 aromatic rings. The summed E-state index contributed by atoms with van der Waals surface area (Å²) in [6, 6.07) is 3.48. The van der Waals surface area contributed by atoms with E-state index < -0.39 is 0 Å². The van der Waals surface area contributed by atoms with Crippen molar-refractivity contribution in [3.8, 4) is 11.8 Å². The standard InChI is InChI=1S/C11H12N2O/c1-9(14)11-6-5-10(8-13-11)4-3-7-12-2/h5-6,8,12H,7H2,1-2H3. The minimum Gasteiger partial charge on any atom is -0.309 e. The summed E-state index contributed by atoms with van der Waals surface area (Å²) in [4.78, 5) is 14.9. The first-order valence-electron chi connectivity index (χ1n) is 4.34. The summed E-state index contributed by atoms with van der Waals surface area (Å²) in [5, 5.41) is 2.92. The molecule has 0 amide bonds. The van der Waals surface area contributed by atoms with Crippen LogP contribution in [-0.2, 0) is 0 Å². The number of hydrogen-bond donors (Lipinski definition) is 1. The van der Waals surface area contributed by atoms with Gasteiger partial charge in [0.15, 0.2) is 5.78 Å². The van der Waals surface area contributed by atoms with Crippen LogP contribution in [0.15, 0.2) is 18.3 Å². The molecule has 0 spiro atoms.